The lowest BCUT2D eigenvalue weighted by Gasteiger charge is -2.36. The van der Waals surface area contributed by atoms with Gasteiger partial charge in [0.25, 0.3) is 0 Å². The van der Waals surface area contributed by atoms with Crippen molar-refractivity contribution in [2.75, 3.05) is 37.5 Å². The Morgan fingerprint density at radius 3 is 2.89 bits per heavy atom. The van der Waals surface area contributed by atoms with Crippen LogP contribution in [-0.4, -0.2) is 38.9 Å². The second kappa shape index (κ2) is 4.17. The number of nitrogen functional groups attached to an aromatic ring is 1. The summed E-state index contributed by atoms with van der Waals surface area (Å²) in [5.74, 6) is -0.382. The number of fused-ring (bicyclic) bond motifs is 1. The number of hydrogen-bond donors (Lipinski definition) is 1. The normalized spacial score (nSPS) is 18.4. The summed E-state index contributed by atoms with van der Waals surface area (Å²) in [4.78, 5) is 13.9. The number of carbonyl (C=O) groups is 1. The van der Waals surface area contributed by atoms with E-state index in [0.717, 1.165) is 31.9 Å². The van der Waals surface area contributed by atoms with Gasteiger partial charge < -0.3 is 20.1 Å². The zero-order chi connectivity index (χ0) is 12.7. The molecule has 0 unspecified atom stereocenters. The smallest absolute Gasteiger partial charge is 0.340 e. The summed E-state index contributed by atoms with van der Waals surface area (Å²) in [5, 5.41) is 0. The molecule has 0 radical (unpaired) electrons. The highest BCUT2D eigenvalue weighted by Crippen LogP contribution is 2.35. The SMILES string of the molecule is COC(=O)c1cc2c(cc1N)CCN2C1COC1. The van der Waals surface area contributed by atoms with E-state index in [9.17, 15) is 4.79 Å². The van der Waals surface area contributed by atoms with Gasteiger partial charge in [-0.05, 0) is 24.1 Å². The molecule has 1 aromatic carbocycles. The molecule has 1 saturated heterocycles. The second-order valence-corrected chi connectivity index (χ2v) is 4.69. The van der Waals surface area contributed by atoms with E-state index in [0.29, 0.717) is 17.3 Å². The number of nitrogens with zero attached hydrogens (tertiary/aromatic N) is 1. The Bertz CT molecular complexity index is 497. The molecule has 0 aromatic heterocycles. The molecule has 5 nitrogen and oxygen atoms in total. The van der Waals surface area contributed by atoms with Gasteiger partial charge in [-0.25, -0.2) is 4.79 Å². The zero-order valence-electron chi connectivity index (χ0n) is 10.3. The Morgan fingerprint density at radius 2 is 2.28 bits per heavy atom. The molecule has 0 saturated carbocycles. The van der Waals surface area contributed by atoms with Crippen LogP contribution in [0.25, 0.3) is 0 Å². The first-order valence-corrected chi connectivity index (χ1v) is 6.06. The van der Waals surface area contributed by atoms with Gasteiger partial charge in [0.2, 0.25) is 0 Å². The van der Waals surface area contributed by atoms with Gasteiger partial charge in [0, 0.05) is 17.9 Å². The summed E-state index contributed by atoms with van der Waals surface area (Å²) in [6.07, 6.45) is 0.970. The molecular weight excluding hydrogens is 232 g/mol. The lowest BCUT2D eigenvalue weighted by Crippen LogP contribution is -2.48. The van der Waals surface area contributed by atoms with E-state index in [1.54, 1.807) is 0 Å². The van der Waals surface area contributed by atoms with E-state index in [4.69, 9.17) is 15.2 Å². The first-order valence-electron chi connectivity index (χ1n) is 6.06. The molecule has 2 aliphatic rings. The van der Waals surface area contributed by atoms with Gasteiger partial charge in [0.15, 0.2) is 0 Å². The maximum absolute atomic E-state index is 11.6. The third-order valence-electron chi connectivity index (χ3n) is 3.65. The van der Waals surface area contributed by atoms with Crippen molar-refractivity contribution in [3.8, 4) is 0 Å². The molecule has 2 aliphatic heterocycles. The monoisotopic (exact) mass is 248 g/mol. The number of carbonyl (C=O) groups excluding carboxylic acids is 1. The topological polar surface area (TPSA) is 64.8 Å². The lowest BCUT2D eigenvalue weighted by molar-refractivity contribution is 0.00887. The summed E-state index contributed by atoms with van der Waals surface area (Å²) < 4.78 is 9.98. The van der Waals surface area contributed by atoms with Gasteiger partial charge in [-0.15, -0.1) is 0 Å². The van der Waals surface area contributed by atoms with Crippen LogP contribution in [0.1, 0.15) is 15.9 Å². The van der Waals surface area contributed by atoms with Crippen LogP contribution in [0.2, 0.25) is 0 Å². The standard InChI is InChI=1S/C13H16N2O3/c1-17-13(16)10-5-12-8(4-11(10)14)2-3-15(12)9-6-18-7-9/h4-5,9H,2-3,6-7,14H2,1H3. The minimum atomic E-state index is -0.382. The zero-order valence-corrected chi connectivity index (χ0v) is 10.3. The molecule has 18 heavy (non-hydrogen) atoms. The van der Waals surface area contributed by atoms with E-state index in [1.165, 1.54) is 12.7 Å². The number of esters is 1. The molecule has 3 rings (SSSR count). The molecule has 0 spiro atoms. The van der Waals surface area contributed by atoms with Gasteiger partial charge in [-0.1, -0.05) is 0 Å². The fourth-order valence-electron chi connectivity index (χ4n) is 2.55. The van der Waals surface area contributed by atoms with Crippen LogP contribution < -0.4 is 10.6 Å². The van der Waals surface area contributed by atoms with Crippen LogP contribution in [0.5, 0.6) is 0 Å². The van der Waals surface area contributed by atoms with Crippen LogP contribution in [0.4, 0.5) is 11.4 Å². The molecule has 5 heteroatoms. The maximum atomic E-state index is 11.6. The number of ether oxygens (including phenoxy) is 2. The van der Waals surface area contributed by atoms with E-state index >= 15 is 0 Å². The van der Waals surface area contributed by atoms with Gasteiger partial charge in [0.05, 0.1) is 31.9 Å². The Kier molecular flexibility index (Phi) is 2.63. The number of benzene rings is 1. The van der Waals surface area contributed by atoms with E-state index in [2.05, 4.69) is 4.90 Å². The van der Waals surface area contributed by atoms with Gasteiger partial charge in [-0.3, -0.25) is 0 Å². The summed E-state index contributed by atoms with van der Waals surface area (Å²) in [6.45, 7) is 2.49. The van der Waals surface area contributed by atoms with Crippen molar-refractivity contribution in [2.24, 2.45) is 0 Å². The first kappa shape index (κ1) is 11.3. The van der Waals surface area contributed by atoms with Crippen molar-refractivity contribution in [1.29, 1.82) is 0 Å². The van der Waals surface area contributed by atoms with E-state index in [1.807, 2.05) is 12.1 Å². The average molecular weight is 248 g/mol. The quantitative estimate of drug-likeness (QED) is 0.620. The second-order valence-electron chi connectivity index (χ2n) is 4.69. The number of methoxy groups -OCH3 is 1. The van der Waals surface area contributed by atoms with Gasteiger partial charge in [0.1, 0.15) is 0 Å². The molecule has 0 bridgehead atoms. The number of nitrogens with two attached hydrogens (primary N) is 1. The number of rotatable bonds is 2. The van der Waals surface area contributed by atoms with Crippen molar-refractivity contribution in [2.45, 2.75) is 12.5 Å². The van der Waals surface area contributed by atoms with Gasteiger partial charge in [-0.2, -0.15) is 0 Å². The van der Waals surface area contributed by atoms with Crippen LogP contribution >= 0.6 is 0 Å². The summed E-state index contributed by atoms with van der Waals surface area (Å²) in [7, 11) is 1.37. The Hall–Kier alpha value is -1.75. The summed E-state index contributed by atoms with van der Waals surface area (Å²) in [5.41, 5.74) is 9.13. The molecule has 1 aromatic rings. The highest BCUT2D eigenvalue weighted by Gasteiger charge is 2.32. The van der Waals surface area contributed by atoms with Crippen molar-refractivity contribution in [1.82, 2.24) is 0 Å². The fraction of sp³-hybridized carbons (Fsp3) is 0.462. The average Bonchev–Trinajstić information content (AvgIpc) is 2.68. The van der Waals surface area contributed by atoms with Crippen LogP contribution in [0.3, 0.4) is 0 Å². The highest BCUT2D eigenvalue weighted by atomic mass is 16.5. The Balaban J connectivity index is 1.98. The minimum Gasteiger partial charge on any atom is -0.465 e. The number of hydrogen-bond acceptors (Lipinski definition) is 5. The minimum absolute atomic E-state index is 0.382. The molecule has 1 fully saturated rings. The van der Waals surface area contributed by atoms with Crippen molar-refractivity contribution in [3.05, 3.63) is 23.3 Å². The third-order valence-corrected chi connectivity index (χ3v) is 3.65. The molecule has 2 heterocycles. The molecule has 0 atom stereocenters. The molecule has 0 amide bonds. The Morgan fingerprint density at radius 1 is 1.50 bits per heavy atom. The van der Waals surface area contributed by atoms with Crippen molar-refractivity contribution < 1.29 is 14.3 Å². The predicted molar refractivity (Wildman–Crippen MR) is 67.9 cm³/mol. The predicted octanol–water partition coefficient (Wildman–Crippen LogP) is 0.817. The van der Waals surface area contributed by atoms with Gasteiger partial charge >= 0.3 is 5.97 Å². The maximum Gasteiger partial charge on any atom is 0.340 e. The lowest BCUT2D eigenvalue weighted by atomic mass is 10.1. The molecule has 2 N–H and O–H groups in total. The largest absolute Gasteiger partial charge is 0.465 e. The van der Waals surface area contributed by atoms with Crippen LogP contribution in [0.15, 0.2) is 12.1 Å². The van der Waals surface area contributed by atoms with E-state index in [-0.39, 0.29) is 5.97 Å². The molecule has 0 aliphatic carbocycles. The number of anilines is 2. The first-order chi connectivity index (χ1) is 8.70. The summed E-state index contributed by atoms with van der Waals surface area (Å²) >= 11 is 0. The summed E-state index contributed by atoms with van der Waals surface area (Å²) in [6, 6.07) is 4.17. The molecule has 96 valence electrons. The van der Waals surface area contributed by atoms with Crippen molar-refractivity contribution >= 4 is 17.3 Å². The third kappa shape index (κ3) is 1.62. The van der Waals surface area contributed by atoms with Crippen molar-refractivity contribution in [3.63, 3.8) is 0 Å². The highest BCUT2D eigenvalue weighted by molar-refractivity contribution is 5.97. The fourth-order valence-corrected chi connectivity index (χ4v) is 2.55. The molecular formula is C13H16N2O3. The Labute approximate surface area is 105 Å². The van der Waals surface area contributed by atoms with E-state index < -0.39 is 0 Å². The van der Waals surface area contributed by atoms with Crippen LogP contribution in [-0.2, 0) is 15.9 Å². The van der Waals surface area contributed by atoms with Crippen LogP contribution in [0, 0.1) is 0 Å².